The van der Waals surface area contributed by atoms with Crippen LogP contribution >= 0.6 is 0 Å². The van der Waals surface area contributed by atoms with Gasteiger partial charge in [0.1, 0.15) is 6.04 Å². The normalized spacial score (nSPS) is 30.6. The highest BCUT2D eigenvalue weighted by molar-refractivity contribution is 4.86. The van der Waals surface area contributed by atoms with Crippen molar-refractivity contribution in [3.63, 3.8) is 0 Å². The van der Waals surface area contributed by atoms with Gasteiger partial charge in [-0.2, -0.15) is 13.2 Å². The van der Waals surface area contributed by atoms with E-state index in [1.54, 1.807) is 0 Å². The highest BCUT2D eigenvalue weighted by Crippen LogP contribution is 2.34. The molecule has 0 radical (unpaired) electrons. The molecular weight excluding hydrogens is 203 g/mol. The van der Waals surface area contributed by atoms with Gasteiger partial charge in [0.05, 0.1) is 0 Å². The van der Waals surface area contributed by atoms with Crippen molar-refractivity contribution < 1.29 is 13.2 Å². The Morgan fingerprint density at radius 1 is 1.20 bits per heavy atom. The van der Waals surface area contributed by atoms with E-state index in [1.807, 2.05) is 0 Å². The Labute approximate surface area is 89.4 Å². The summed E-state index contributed by atoms with van der Waals surface area (Å²) in [7, 11) is 0. The lowest BCUT2D eigenvalue weighted by Gasteiger charge is -2.36. The molecule has 0 spiro atoms. The van der Waals surface area contributed by atoms with Crippen LogP contribution in [0.25, 0.3) is 0 Å². The molecule has 3 unspecified atom stereocenters. The Morgan fingerprint density at radius 3 is 2.27 bits per heavy atom. The average Bonchev–Trinajstić information content (AvgIpc) is 2.15. The van der Waals surface area contributed by atoms with Crippen molar-refractivity contribution in [1.29, 1.82) is 0 Å². The first-order valence-corrected chi connectivity index (χ1v) is 5.62. The molecule has 1 nitrogen and oxygen atoms in total. The molecule has 1 rings (SSSR count). The minimum atomic E-state index is -4.09. The third-order valence-electron chi connectivity index (χ3n) is 3.63. The molecule has 1 N–H and O–H groups in total. The summed E-state index contributed by atoms with van der Waals surface area (Å²) in [6, 6.07) is -1.29. The molecular formula is C11H20F3N. The first-order valence-electron chi connectivity index (χ1n) is 5.62. The van der Waals surface area contributed by atoms with Gasteiger partial charge in [0, 0.05) is 0 Å². The van der Waals surface area contributed by atoms with Crippen LogP contribution in [-0.2, 0) is 0 Å². The lowest BCUT2D eigenvalue weighted by molar-refractivity contribution is -0.165. The Hall–Kier alpha value is -0.250. The highest BCUT2D eigenvalue weighted by atomic mass is 19.4. The predicted molar refractivity (Wildman–Crippen MR) is 54.6 cm³/mol. The maximum Gasteiger partial charge on any atom is 0.403 e. The van der Waals surface area contributed by atoms with E-state index in [2.05, 4.69) is 26.1 Å². The maximum atomic E-state index is 12.5. The fourth-order valence-corrected chi connectivity index (χ4v) is 2.22. The summed E-state index contributed by atoms with van der Waals surface area (Å²) in [5, 5.41) is 2.56. The van der Waals surface area contributed by atoms with Gasteiger partial charge in [-0.25, -0.2) is 0 Å². The van der Waals surface area contributed by atoms with Crippen LogP contribution < -0.4 is 5.32 Å². The number of nitrogens with one attached hydrogen (secondary N) is 1. The van der Waals surface area contributed by atoms with Gasteiger partial charge in [0.15, 0.2) is 0 Å². The average molecular weight is 223 g/mol. The Kier molecular flexibility index (Phi) is 4.04. The fraction of sp³-hybridized carbons (Fsp3) is 1.00. The van der Waals surface area contributed by atoms with Crippen molar-refractivity contribution >= 4 is 0 Å². The zero-order chi connectivity index (χ0) is 11.6. The molecule has 0 bridgehead atoms. The second-order valence-electron chi connectivity index (χ2n) is 4.94. The summed E-state index contributed by atoms with van der Waals surface area (Å²) in [6.07, 6.45) is -2.98. The van der Waals surface area contributed by atoms with E-state index in [0.717, 1.165) is 6.42 Å². The van der Waals surface area contributed by atoms with Crippen LogP contribution in [0.3, 0.4) is 0 Å². The second kappa shape index (κ2) is 4.73. The minimum Gasteiger partial charge on any atom is -0.306 e. The van der Waals surface area contributed by atoms with Crippen LogP contribution in [0.2, 0.25) is 0 Å². The molecule has 1 fully saturated rings. The standard InChI is InChI=1S/C11H20F3N/c1-7(2)8(3)9-4-5-15-10(6-9)11(12,13)14/h7-10,15H,4-6H2,1-3H3. The van der Waals surface area contributed by atoms with Crippen LogP contribution in [-0.4, -0.2) is 18.8 Å². The molecule has 0 aromatic rings. The maximum absolute atomic E-state index is 12.5. The van der Waals surface area contributed by atoms with E-state index in [-0.39, 0.29) is 12.3 Å². The van der Waals surface area contributed by atoms with E-state index >= 15 is 0 Å². The lowest BCUT2D eigenvalue weighted by atomic mass is 9.77. The Bertz CT molecular complexity index is 200. The highest BCUT2D eigenvalue weighted by Gasteiger charge is 2.43. The number of hydrogen-bond donors (Lipinski definition) is 1. The van der Waals surface area contributed by atoms with Crippen molar-refractivity contribution in [2.24, 2.45) is 17.8 Å². The largest absolute Gasteiger partial charge is 0.403 e. The first-order chi connectivity index (χ1) is 6.82. The van der Waals surface area contributed by atoms with Gasteiger partial charge in [-0.3, -0.25) is 0 Å². The molecule has 3 atom stereocenters. The quantitative estimate of drug-likeness (QED) is 0.758. The van der Waals surface area contributed by atoms with Crippen LogP contribution in [0.4, 0.5) is 13.2 Å². The van der Waals surface area contributed by atoms with Crippen molar-refractivity contribution in [3.8, 4) is 0 Å². The number of halogens is 3. The van der Waals surface area contributed by atoms with Crippen LogP contribution in [0, 0.1) is 17.8 Å². The Morgan fingerprint density at radius 2 is 1.80 bits per heavy atom. The molecule has 1 aliphatic rings. The summed E-state index contributed by atoms with van der Waals surface area (Å²) in [5.41, 5.74) is 0. The third kappa shape index (κ3) is 3.37. The smallest absolute Gasteiger partial charge is 0.306 e. The monoisotopic (exact) mass is 223 g/mol. The SMILES string of the molecule is CC(C)C(C)C1CCNC(C(F)(F)F)C1. The number of alkyl halides is 3. The van der Waals surface area contributed by atoms with Gasteiger partial charge < -0.3 is 5.32 Å². The first kappa shape index (κ1) is 12.8. The molecule has 1 saturated heterocycles. The fourth-order valence-electron chi connectivity index (χ4n) is 2.22. The number of rotatable bonds is 2. The molecule has 4 heteroatoms. The molecule has 0 saturated carbocycles. The zero-order valence-electron chi connectivity index (χ0n) is 9.56. The van der Waals surface area contributed by atoms with E-state index in [1.165, 1.54) is 0 Å². The van der Waals surface area contributed by atoms with E-state index < -0.39 is 12.2 Å². The van der Waals surface area contributed by atoms with Gasteiger partial charge in [-0.1, -0.05) is 20.8 Å². The van der Waals surface area contributed by atoms with Crippen molar-refractivity contribution in [2.75, 3.05) is 6.54 Å². The van der Waals surface area contributed by atoms with Gasteiger partial charge in [-0.15, -0.1) is 0 Å². The number of hydrogen-bond acceptors (Lipinski definition) is 1. The molecule has 0 amide bonds. The topological polar surface area (TPSA) is 12.0 Å². The molecule has 1 aliphatic heterocycles. The van der Waals surface area contributed by atoms with E-state index in [4.69, 9.17) is 0 Å². The van der Waals surface area contributed by atoms with Crippen LogP contribution in [0.1, 0.15) is 33.6 Å². The summed E-state index contributed by atoms with van der Waals surface area (Å²) in [5.74, 6) is 1.04. The Balaban J connectivity index is 2.56. The lowest BCUT2D eigenvalue weighted by Crippen LogP contribution is -2.49. The molecule has 90 valence electrons. The van der Waals surface area contributed by atoms with Crippen LogP contribution in [0.5, 0.6) is 0 Å². The van der Waals surface area contributed by atoms with Gasteiger partial charge >= 0.3 is 6.18 Å². The summed E-state index contributed by atoms with van der Waals surface area (Å²) in [6.45, 7) is 6.71. The van der Waals surface area contributed by atoms with Gasteiger partial charge in [0.2, 0.25) is 0 Å². The summed E-state index contributed by atoms with van der Waals surface area (Å²) >= 11 is 0. The molecule has 0 aromatic carbocycles. The molecule has 0 aliphatic carbocycles. The van der Waals surface area contributed by atoms with E-state index in [0.29, 0.717) is 18.4 Å². The van der Waals surface area contributed by atoms with Crippen LogP contribution in [0.15, 0.2) is 0 Å². The van der Waals surface area contributed by atoms with Crippen molar-refractivity contribution in [1.82, 2.24) is 5.32 Å². The molecule has 15 heavy (non-hydrogen) atoms. The van der Waals surface area contributed by atoms with Gasteiger partial charge in [-0.05, 0) is 37.1 Å². The summed E-state index contributed by atoms with van der Waals surface area (Å²) in [4.78, 5) is 0. The molecule has 1 heterocycles. The molecule has 0 aromatic heterocycles. The minimum absolute atomic E-state index is 0.206. The number of piperidine rings is 1. The van der Waals surface area contributed by atoms with Crippen molar-refractivity contribution in [3.05, 3.63) is 0 Å². The summed E-state index contributed by atoms with van der Waals surface area (Å²) < 4.78 is 37.5. The zero-order valence-corrected chi connectivity index (χ0v) is 9.56. The van der Waals surface area contributed by atoms with E-state index in [9.17, 15) is 13.2 Å². The third-order valence-corrected chi connectivity index (χ3v) is 3.63. The second-order valence-corrected chi connectivity index (χ2v) is 4.94. The van der Waals surface area contributed by atoms with Crippen molar-refractivity contribution in [2.45, 2.75) is 45.8 Å². The predicted octanol–water partition coefficient (Wildman–Crippen LogP) is 3.21. The van der Waals surface area contributed by atoms with Gasteiger partial charge in [0.25, 0.3) is 0 Å².